The Kier molecular flexibility index (Phi) is 5.47. The van der Waals surface area contributed by atoms with E-state index in [1.54, 1.807) is 12.3 Å². The van der Waals surface area contributed by atoms with Crippen molar-refractivity contribution >= 4 is 17.5 Å². The molecule has 0 spiro atoms. The van der Waals surface area contributed by atoms with Crippen LogP contribution in [0.2, 0.25) is 0 Å². The number of benzene rings is 1. The molecule has 0 unspecified atom stereocenters. The predicted molar refractivity (Wildman–Crippen MR) is 89.3 cm³/mol. The molecule has 2 N–H and O–H groups in total. The van der Waals surface area contributed by atoms with Gasteiger partial charge in [-0.1, -0.05) is 32.0 Å². The first kappa shape index (κ1) is 15.9. The van der Waals surface area contributed by atoms with Gasteiger partial charge in [-0.2, -0.15) is 0 Å². The number of carbonyl (C=O) groups excluding carboxylic acids is 1. The second-order valence-electron chi connectivity index (χ2n) is 5.11. The van der Waals surface area contributed by atoms with Crippen molar-refractivity contribution < 1.29 is 4.79 Å². The molecular weight excluding hydrogens is 276 g/mol. The number of anilines is 2. The third-order valence-electron chi connectivity index (χ3n) is 3.40. The van der Waals surface area contributed by atoms with Gasteiger partial charge in [-0.05, 0) is 37.0 Å². The van der Waals surface area contributed by atoms with Gasteiger partial charge in [0.1, 0.15) is 5.69 Å². The van der Waals surface area contributed by atoms with E-state index in [1.165, 1.54) is 0 Å². The summed E-state index contributed by atoms with van der Waals surface area (Å²) >= 11 is 0. The van der Waals surface area contributed by atoms with Gasteiger partial charge in [0.25, 0.3) is 5.91 Å². The average Bonchev–Trinajstić information content (AvgIpc) is 2.55. The highest BCUT2D eigenvalue weighted by atomic mass is 16.1. The molecule has 1 aromatic carbocycles. The summed E-state index contributed by atoms with van der Waals surface area (Å²) in [6.07, 6.45) is 3.44. The lowest BCUT2D eigenvalue weighted by atomic mass is 10.1. The minimum Gasteiger partial charge on any atom is -0.354 e. The van der Waals surface area contributed by atoms with Crippen molar-refractivity contribution in [3.63, 3.8) is 0 Å². The van der Waals surface area contributed by atoms with Crippen molar-refractivity contribution in [3.05, 3.63) is 47.3 Å². The highest BCUT2D eigenvalue weighted by Crippen LogP contribution is 2.21. The SMILES string of the molecule is CCCNc1nccc(C(=O)Nc2c(C)cccc2CC)n1. The molecular formula is C17H22N4O. The fourth-order valence-electron chi connectivity index (χ4n) is 2.19. The van der Waals surface area contributed by atoms with Crippen LogP contribution in [0.15, 0.2) is 30.5 Å². The number of carbonyl (C=O) groups is 1. The molecule has 0 fully saturated rings. The number of nitrogens with zero attached hydrogens (tertiary/aromatic N) is 2. The third-order valence-corrected chi connectivity index (χ3v) is 3.40. The van der Waals surface area contributed by atoms with E-state index >= 15 is 0 Å². The van der Waals surface area contributed by atoms with Crippen LogP contribution in [0.3, 0.4) is 0 Å². The van der Waals surface area contributed by atoms with Gasteiger partial charge in [-0.15, -0.1) is 0 Å². The Hall–Kier alpha value is -2.43. The zero-order chi connectivity index (χ0) is 15.9. The van der Waals surface area contributed by atoms with Gasteiger partial charge in [0.2, 0.25) is 5.95 Å². The van der Waals surface area contributed by atoms with Gasteiger partial charge in [0.05, 0.1) is 0 Å². The number of hydrogen-bond donors (Lipinski definition) is 2. The summed E-state index contributed by atoms with van der Waals surface area (Å²) in [6.45, 7) is 6.90. The van der Waals surface area contributed by atoms with E-state index in [4.69, 9.17) is 0 Å². The molecule has 2 rings (SSSR count). The largest absolute Gasteiger partial charge is 0.354 e. The van der Waals surface area contributed by atoms with Crippen LogP contribution in [0.4, 0.5) is 11.6 Å². The Morgan fingerprint density at radius 2 is 2.05 bits per heavy atom. The smallest absolute Gasteiger partial charge is 0.274 e. The molecule has 1 aromatic heterocycles. The monoisotopic (exact) mass is 298 g/mol. The fourth-order valence-corrected chi connectivity index (χ4v) is 2.19. The number of aryl methyl sites for hydroxylation is 2. The molecule has 0 aliphatic carbocycles. The highest BCUT2D eigenvalue weighted by Gasteiger charge is 2.12. The summed E-state index contributed by atoms with van der Waals surface area (Å²) in [5.41, 5.74) is 3.40. The van der Waals surface area contributed by atoms with E-state index in [1.807, 2.05) is 25.1 Å². The predicted octanol–water partition coefficient (Wildman–Crippen LogP) is 3.42. The number of amides is 1. The molecule has 22 heavy (non-hydrogen) atoms. The minimum atomic E-state index is -0.217. The Morgan fingerprint density at radius 3 is 2.77 bits per heavy atom. The molecule has 0 saturated carbocycles. The Bertz CT molecular complexity index is 655. The fraction of sp³-hybridized carbons (Fsp3) is 0.353. The van der Waals surface area contributed by atoms with Crippen LogP contribution >= 0.6 is 0 Å². The quantitative estimate of drug-likeness (QED) is 0.857. The van der Waals surface area contributed by atoms with Crippen LogP contribution in [0.25, 0.3) is 0 Å². The maximum Gasteiger partial charge on any atom is 0.274 e. The van der Waals surface area contributed by atoms with Crippen molar-refractivity contribution in [1.29, 1.82) is 0 Å². The van der Waals surface area contributed by atoms with Gasteiger partial charge in [0, 0.05) is 18.4 Å². The third kappa shape index (κ3) is 3.81. The maximum absolute atomic E-state index is 12.4. The van der Waals surface area contributed by atoms with E-state index in [9.17, 15) is 4.79 Å². The first-order valence-electron chi connectivity index (χ1n) is 7.62. The van der Waals surface area contributed by atoms with Gasteiger partial charge in [-0.3, -0.25) is 4.79 Å². The molecule has 5 nitrogen and oxygen atoms in total. The summed E-state index contributed by atoms with van der Waals surface area (Å²) in [5.74, 6) is 0.265. The van der Waals surface area contributed by atoms with Crippen LogP contribution in [0.5, 0.6) is 0 Å². The van der Waals surface area contributed by atoms with Crippen LogP contribution in [0.1, 0.15) is 41.9 Å². The molecule has 1 heterocycles. The molecule has 0 radical (unpaired) electrons. The molecule has 5 heteroatoms. The van der Waals surface area contributed by atoms with Crippen molar-refractivity contribution in [2.75, 3.05) is 17.2 Å². The minimum absolute atomic E-state index is 0.217. The summed E-state index contributed by atoms with van der Waals surface area (Å²) in [6, 6.07) is 7.64. The van der Waals surface area contributed by atoms with Crippen LogP contribution in [-0.4, -0.2) is 22.4 Å². The lowest BCUT2D eigenvalue weighted by Crippen LogP contribution is -2.17. The number of nitrogens with one attached hydrogen (secondary N) is 2. The second-order valence-corrected chi connectivity index (χ2v) is 5.11. The molecule has 0 bridgehead atoms. The first-order valence-corrected chi connectivity index (χ1v) is 7.62. The highest BCUT2D eigenvalue weighted by molar-refractivity contribution is 6.03. The second kappa shape index (κ2) is 7.54. The van der Waals surface area contributed by atoms with Gasteiger partial charge < -0.3 is 10.6 Å². The van der Waals surface area contributed by atoms with Crippen molar-refractivity contribution in [2.45, 2.75) is 33.6 Å². The molecule has 1 amide bonds. The lowest BCUT2D eigenvalue weighted by Gasteiger charge is -2.13. The van der Waals surface area contributed by atoms with Crippen LogP contribution in [0, 0.1) is 6.92 Å². The maximum atomic E-state index is 12.4. The first-order chi connectivity index (χ1) is 10.7. The molecule has 0 aliphatic rings. The van der Waals surface area contributed by atoms with Crippen molar-refractivity contribution in [3.8, 4) is 0 Å². The van der Waals surface area contributed by atoms with Gasteiger partial charge >= 0.3 is 0 Å². The molecule has 0 aliphatic heterocycles. The average molecular weight is 298 g/mol. The number of para-hydroxylation sites is 1. The Morgan fingerprint density at radius 1 is 1.23 bits per heavy atom. The van der Waals surface area contributed by atoms with Crippen molar-refractivity contribution in [1.82, 2.24) is 9.97 Å². The summed E-state index contributed by atoms with van der Waals surface area (Å²) in [4.78, 5) is 20.8. The van der Waals surface area contributed by atoms with E-state index in [0.717, 1.165) is 36.2 Å². The van der Waals surface area contributed by atoms with E-state index in [2.05, 4.69) is 34.4 Å². The number of hydrogen-bond acceptors (Lipinski definition) is 4. The molecule has 0 atom stereocenters. The van der Waals surface area contributed by atoms with E-state index in [-0.39, 0.29) is 5.91 Å². The zero-order valence-corrected chi connectivity index (χ0v) is 13.3. The van der Waals surface area contributed by atoms with Crippen molar-refractivity contribution in [2.24, 2.45) is 0 Å². The van der Waals surface area contributed by atoms with E-state index < -0.39 is 0 Å². The lowest BCUT2D eigenvalue weighted by molar-refractivity contribution is 0.102. The van der Waals surface area contributed by atoms with Crippen LogP contribution in [-0.2, 0) is 6.42 Å². The normalized spacial score (nSPS) is 10.3. The Balaban J connectivity index is 2.19. The summed E-state index contributed by atoms with van der Waals surface area (Å²) in [7, 11) is 0. The number of rotatable bonds is 6. The number of aromatic nitrogens is 2. The van der Waals surface area contributed by atoms with Gasteiger partial charge in [-0.25, -0.2) is 9.97 Å². The summed E-state index contributed by atoms with van der Waals surface area (Å²) < 4.78 is 0. The van der Waals surface area contributed by atoms with Crippen LogP contribution < -0.4 is 10.6 Å². The standard InChI is InChI=1S/C17H22N4O/c1-4-10-18-17-19-11-9-14(20-17)16(22)21-15-12(3)7-6-8-13(15)5-2/h6-9,11H,4-5,10H2,1-3H3,(H,21,22)(H,18,19,20). The topological polar surface area (TPSA) is 66.9 Å². The zero-order valence-electron chi connectivity index (χ0n) is 13.3. The summed E-state index contributed by atoms with van der Waals surface area (Å²) in [5, 5.41) is 6.06. The molecule has 2 aromatic rings. The molecule has 0 saturated heterocycles. The van der Waals surface area contributed by atoms with Gasteiger partial charge in [0.15, 0.2) is 0 Å². The Labute approximate surface area is 131 Å². The van der Waals surface area contributed by atoms with E-state index in [0.29, 0.717) is 11.6 Å². The molecule has 116 valence electrons.